The minimum atomic E-state index is -2.40. The third-order valence-electron chi connectivity index (χ3n) is 4.01. The van der Waals surface area contributed by atoms with E-state index in [2.05, 4.69) is 0 Å². The van der Waals surface area contributed by atoms with Gasteiger partial charge in [0, 0.05) is 25.2 Å². The lowest BCUT2D eigenvalue weighted by Gasteiger charge is -2.35. The molecule has 2 saturated carbocycles. The van der Waals surface area contributed by atoms with Crippen LogP contribution in [0.1, 0.15) is 32.1 Å². The Bertz CT molecular complexity index is 338. The van der Waals surface area contributed by atoms with E-state index in [1.807, 2.05) is 6.08 Å². The molecule has 0 bridgehead atoms. The van der Waals surface area contributed by atoms with Crippen molar-refractivity contribution in [2.45, 2.75) is 38.0 Å². The minimum Gasteiger partial charge on any atom is -0.299 e. The normalized spacial score (nSPS) is 38.0. The van der Waals surface area contributed by atoms with Crippen molar-refractivity contribution in [2.75, 3.05) is 0 Å². The lowest BCUT2D eigenvalue weighted by Crippen LogP contribution is -2.35. The number of ketones is 1. The van der Waals surface area contributed by atoms with Gasteiger partial charge in [-0.3, -0.25) is 4.79 Å². The van der Waals surface area contributed by atoms with Crippen LogP contribution >= 0.6 is 0 Å². The molecule has 1 nitrogen and oxygen atoms in total. The van der Waals surface area contributed by atoms with E-state index in [1.165, 1.54) is 5.57 Å². The second-order valence-corrected chi connectivity index (χ2v) is 5.32. The van der Waals surface area contributed by atoms with Crippen LogP contribution in [0.25, 0.3) is 0 Å². The van der Waals surface area contributed by atoms with Crippen molar-refractivity contribution in [1.29, 1.82) is 0 Å². The molecule has 0 aromatic rings. The summed E-state index contributed by atoms with van der Waals surface area (Å²) in [4.78, 5) is 11.2. The van der Waals surface area contributed by atoms with Crippen molar-refractivity contribution >= 4 is 5.78 Å². The van der Waals surface area contributed by atoms with Gasteiger partial charge in [-0.25, -0.2) is 8.78 Å². The molecule has 0 N–H and O–H groups in total. The van der Waals surface area contributed by atoms with Gasteiger partial charge >= 0.3 is 0 Å². The van der Waals surface area contributed by atoms with E-state index in [0.29, 0.717) is 18.1 Å². The topological polar surface area (TPSA) is 17.1 Å². The van der Waals surface area contributed by atoms with Crippen LogP contribution in [0.3, 0.4) is 0 Å². The smallest absolute Gasteiger partial charge is 0.248 e. The summed E-state index contributed by atoms with van der Waals surface area (Å²) < 4.78 is 25.2. The molecule has 0 radical (unpaired) electrons. The fourth-order valence-corrected chi connectivity index (χ4v) is 3.16. The summed E-state index contributed by atoms with van der Waals surface area (Å²) in [5.41, 5.74) is 1.26. The summed E-state index contributed by atoms with van der Waals surface area (Å²) in [6.45, 7) is 0. The minimum absolute atomic E-state index is 0.0492. The predicted octanol–water partition coefficient (Wildman–Crippen LogP) is 2.96. The van der Waals surface area contributed by atoms with Crippen LogP contribution in [0.2, 0.25) is 0 Å². The van der Waals surface area contributed by atoms with Crippen LogP contribution in [-0.4, -0.2) is 11.7 Å². The van der Waals surface area contributed by atoms with Gasteiger partial charge in [-0.1, -0.05) is 11.6 Å². The average molecular weight is 212 g/mol. The molecule has 3 heteroatoms. The lowest BCUT2D eigenvalue weighted by atomic mass is 9.74. The van der Waals surface area contributed by atoms with Crippen LogP contribution in [0.5, 0.6) is 0 Å². The van der Waals surface area contributed by atoms with E-state index in [4.69, 9.17) is 0 Å². The highest BCUT2D eigenvalue weighted by Crippen LogP contribution is 2.49. The third-order valence-corrected chi connectivity index (χ3v) is 4.01. The quantitative estimate of drug-likeness (QED) is 0.643. The second-order valence-electron chi connectivity index (χ2n) is 5.32. The lowest BCUT2D eigenvalue weighted by molar-refractivity contribution is -0.130. The Balaban J connectivity index is 1.55. The molecule has 0 unspecified atom stereocenters. The highest BCUT2D eigenvalue weighted by molar-refractivity contribution is 5.90. The van der Waals surface area contributed by atoms with Crippen LogP contribution < -0.4 is 0 Å². The summed E-state index contributed by atoms with van der Waals surface area (Å²) in [6.07, 6.45) is 4.65. The van der Waals surface area contributed by atoms with E-state index in [9.17, 15) is 13.6 Å². The molecule has 3 aliphatic carbocycles. The molecule has 3 rings (SSSR count). The van der Waals surface area contributed by atoms with Gasteiger partial charge in [-0.15, -0.1) is 0 Å². The van der Waals surface area contributed by atoms with Crippen molar-refractivity contribution in [3.8, 4) is 0 Å². The van der Waals surface area contributed by atoms with Crippen molar-refractivity contribution in [3.63, 3.8) is 0 Å². The van der Waals surface area contributed by atoms with Crippen molar-refractivity contribution in [2.24, 2.45) is 17.8 Å². The molecule has 2 atom stereocenters. The number of carbonyl (C=O) groups is 1. The van der Waals surface area contributed by atoms with Crippen molar-refractivity contribution < 1.29 is 13.6 Å². The molecular weight excluding hydrogens is 198 g/mol. The summed E-state index contributed by atoms with van der Waals surface area (Å²) in [6, 6.07) is 0. The Labute approximate surface area is 87.5 Å². The SMILES string of the molecule is O=C1C[C@H]2CC(CC3CC(F)(F)C3)=C[C@@H]12. The molecule has 2 fully saturated rings. The number of hydrogen-bond acceptors (Lipinski definition) is 1. The highest BCUT2D eigenvalue weighted by Gasteiger charge is 2.47. The third kappa shape index (κ3) is 1.52. The van der Waals surface area contributed by atoms with Crippen molar-refractivity contribution in [1.82, 2.24) is 0 Å². The fourth-order valence-electron chi connectivity index (χ4n) is 3.16. The van der Waals surface area contributed by atoms with Gasteiger partial charge in [0.1, 0.15) is 5.78 Å². The maximum absolute atomic E-state index is 12.6. The van der Waals surface area contributed by atoms with Gasteiger partial charge in [0.2, 0.25) is 5.92 Å². The maximum atomic E-state index is 12.6. The molecule has 0 aliphatic heterocycles. The number of rotatable bonds is 2. The Morgan fingerprint density at radius 1 is 1.33 bits per heavy atom. The number of fused-ring (bicyclic) bond motifs is 1. The second kappa shape index (κ2) is 2.89. The van der Waals surface area contributed by atoms with Gasteiger partial charge in [-0.2, -0.15) is 0 Å². The van der Waals surface area contributed by atoms with Crippen LogP contribution in [0.4, 0.5) is 8.78 Å². The number of allylic oxidation sites excluding steroid dienone is 2. The van der Waals surface area contributed by atoms with Gasteiger partial charge in [0.25, 0.3) is 0 Å². The molecule has 15 heavy (non-hydrogen) atoms. The first kappa shape index (κ1) is 9.49. The molecule has 0 saturated heterocycles. The van der Waals surface area contributed by atoms with Gasteiger partial charge in [0.15, 0.2) is 0 Å². The van der Waals surface area contributed by atoms with Crippen molar-refractivity contribution in [3.05, 3.63) is 11.6 Å². The molecule has 0 aromatic carbocycles. The van der Waals surface area contributed by atoms with E-state index >= 15 is 0 Å². The first-order valence-corrected chi connectivity index (χ1v) is 5.64. The zero-order chi connectivity index (χ0) is 10.6. The van der Waals surface area contributed by atoms with Crippen LogP contribution in [0.15, 0.2) is 11.6 Å². The molecule has 3 aliphatic rings. The number of hydrogen-bond donors (Lipinski definition) is 0. The zero-order valence-corrected chi connectivity index (χ0v) is 8.51. The largest absolute Gasteiger partial charge is 0.299 e. The van der Waals surface area contributed by atoms with Gasteiger partial charge in [0.05, 0.1) is 0 Å². The van der Waals surface area contributed by atoms with E-state index in [1.54, 1.807) is 0 Å². The zero-order valence-electron chi connectivity index (χ0n) is 8.51. The van der Waals surface area contributed by atoms with Gasteiger partial charge in [-0.05, 0) is 24.7 Å². The predicted molar refractivity (Wildman–Crippen MR) is 51.6 cm³/mol. The first-order chi connectivity index (χ1) is 7.03. The molecule has 82 valence electrons. The molecular formula is C12H14F2O. The van der Waals surface area contributed by atoms with Crippen LogP contribution in [0, 0.1) is 17.8 Å². The summed E-state index contributed by atoms with van der Waals surface area (Å²) in [5.74, 6) is -1.22. The molecule has 0 amide bonds. The van der Waals surface area contributed by atoms with E-state index in [-0.39, 0.29) is 24.7 Å². The average Bonchev–Trinajstić information content (AvgIpc) is 2.40. The highest BCUT2D eigenvalue weighted by atomic mass is 19.3. The number of alkyl halides is 2. The first-order valence-electron chi connectivity index (χ1n) is 5.64. The maximum Gasteiger partial charge on any atom is 0.248 e. The summed E-state index contributed by atoms with van der Waals surface area (Å²) >= 11 is 0. The monoisotopic (exact) mass is 212 g/mol. The van der Waals surface area contributed by atoms with E-state index in [0.717, 1.165) is 12.8 Å². The number of carbonyl (C=O) groups excluding carboxylic acids is 1. The molecule has 0 heterocycles. The Kier molecular flexibility index (Phi) is 1.83. The van der Waals surface area contributed by atoms with E-state index < -0.39 is 5.92 Å². The summed E-state index contributed by atoms with van der Waals surface area (Å²) in [5, 5.41) is 0. The Hall–Kier alpha value is -0.730. The summed E-state index contributed by atoms with van der Waals surface area (Å²) in [7, 11) is 0. The van der Waals surface area contributed by atoms with Crippen LogP contribution in [-0.2, 0) is 4.79 Å². The Morgan fingerprint density at radius 2 is 2.07 bits per heavy atom. The Morgan fingerprint density at radius 3 is 2.60 bits per heavy atom. The van der Waals surface area contributed by atoms with Gasteiger partial charge < -0.3 is 0 Å². The number of halogens is 2. The molecule has 0 aromatic heterocycles. The molecule has 0 spiro atoms. The number of Topliss-reactive ketones (excluding diaryl/α,β-unsaturated/α-hetero) is 1. The standard InChI is InChI=1S/C12H14F2O/c13-12(14)5-8(6-12)1-7-2-9-4-11(15)10(9)3-7/h3,8-10H,1-2,4-6H2/t9-,10-/m1/s1. The fraction of sp³-hybridized carbons (Fsp3) is 0.750.